The SMILES string of the molecule is CCNC(=NCC(O)Cc1ccccc1)NCC1CCCN(C)C1c1cccs1.I. The van der Waals surface area contributed by atoms with E-state index in [1.54, 1.807) is 0 Å². The first-order chi connectivity index (χ1) is 14.2. The molecule has 3 rings (SSSR count). The molecule has 1 aromatic carbocycles. The van der Waals surface area contributed by atoms with Crippen LogP contribution in [-0.2, 0) is 6.42 Å². The third kappa shape index (κ3) is 7.51. The summed E-state index contributed by atoms with van der Waals surface area (Å²) in [5, 5.41) is 19.4. The summed E-state index contributed by atoms with van der Waals surface area (Å²) in [7, 11) is 2.23. The van der Waals surface area contributed by atoms with Crippen molar-refractivity contribution in [3.05, 3.63) is 58.3 Å². The first-order valence-corrected chi connectivity index (χ1v) is 11.5. The highest BCUT2D eigenvalue weighted by molar-refractivity contribution is 14.0. The van der Waals surface area contributed by atoms with Crippen molar-refractivity contribution < 1.29 is 5.11 Å². The smallest absolute Gasteiger partial charge is 0.191 e. The van der Waals surface area contributed by atoms with Crippen molar-refractivity contribution >= 4 is 41.3 Å². The second-order valence-corrected chi connectivity index (χ2v) is 8.77. The number of nitrogens with one attached hydrogen (secondary N) is 2. The van der Waals surface area contributed by atoms with Gasteiger partial charge in [-0.25, -0.2) is 0 Å². The largest absolute Gasteiger partial charge is 0.391 e. The van der Waals surface area contributed by atoms with E-state index in [9.17, 15) is 5.11 Å². The molecule has 3 unspecified atom stereocenters. The number of thiophene rings is 1. The lowest BCUT2D eigenvalue weighted by Crippen LogP contribution is -2.45. The predicted molar refractivity (Wildman–Crippen MR) is 138 cm³/mol. The molecule has 3 atom stereocenters. The maximum atomic E-state index is 10.4. The highest BCUT2D eigenvalue weighted by Gasteiger charge is 2.31. The Bertz CT molecular complexity index is 741. The molecule has 0 amide bonds. The Kier molecular flexibility index (Phi) is 11.1. The van der Waals surface area contributed by atoms with Gasteiger partial charge in [0.1, 0.15) is 0 Å². The Morgan fingerprint density at radius 3 is 2.73 bits per heavy atom. The molecule has 166 valence electrons. The number of aliphatic hydroxyl groups excluding tert-OH is 1. The lowest BCUT2D eigenvalue weighted by atomic mass is 9.88. The molecule has 7 heteroatoms. The Morgan fingerprint density at radius 1 is 1.23 bits per heavy atom. The van der Waals surface area contributed by atoms with Crippen molar-refractivity contribution in [2.75, 3.05) is 33.2 Å². The van der Waals surface area contributed by atoms with E-state index in [-0.39, 0.29) is 24.0 Å². The third-order valence-electron chi connectivity index (χ3n) is 5.49. The van der Waals surface area contributed by atoms with Gasteiger partial charge in [-0.15, -0.1) is 35.3 Å². The van der Waals surface area contributed by atoms with E-state index in [4.69, 9.17) is 0 Å². The topological polar surface area (TPSA) is 59.9 Å². The van der Waals surface area contributed by atoms with Crippen LogP contribution in [0, 0.1) is 5.92 Å². The van der Waals surface area contributed by atoms with E-state index in [0.717, 1.165) is 31.2 Å². The fourth-order valence-electron chi connectivity index (χ4n) is 4.10. The molecule has 2 heterocycles. The van der Waals surface area contributed by atoms with Crippen molar-refractivity contribution in [1.82, 2.24) is 15.5 Å². The van der Waals surface area contributed by atoms with Gasteiger partial charge in [-0.1, -0.05) is 36.4 Å². The second kappa shape index (κ2) is 13.3. The van der Waals surface area contributed by atoms with Crippen LogP contribution in [0.1, 0.15) is 36.2 Å². The average molecular weight is 543 g/mol. The van der Waals surface area contributed by atoms with Crippen molar-refractivity contribution in [2.24, 2.45) is 10.9 Å². The van der Waals surface area contributed by atoms with Gasteiger partial charge in [0.25, 0.3) is 0 Å². The van der Waals surface area contributed by atoms with Gasteiger partial charge < -0.3 is 15.7 Å². The highest BCUT2D eigenvalue weighted by atomic mass is 127. The zero-order valence-electron chi connectivity index (χ0n) is 18.0. The lowest BCUT2D eigenvalue weighted by Gasteiger charge is -2.39. The molecule has 5 nitrogen and oxygen atoms in total. The van der Waals surface area contributed by atoms with Crippen molar-refractivity contribution in [3.8, 4) is 0 Å². The molecular weight excluding hydrogens is 507 g/mol. The molecule has 30 heavy (non-hydrogen) atoms. The Hall–Kier alpha value is -1.16. The molecule has 0 saturated carbocycles. The molecule has 3 N–H and O–H groups in total. The first kappa shape index (κ1) is 25.1. The lowest BCUT2D eigenvalue weighted by molar-refractivity contribution is 0.125. The number of aliphatic hydroxyl groups is 1. The van der Waals surface area contributed by atoms with Crippen molar-refractivity contribution in [2.45, 2.75) is 38.3 Å². The number of guanidine groups is 1. The fourth-order valence-corrected chi connectivity index (χ4v) is 5.08. The van der Waals surface area contributed by atoms with Crippen molar-refractivity contribution in [1.29, 1.82) is 0 Å². The number of piperidine rings is 1. The van der Waals surface area contributed by atoms with Crippen LogP contribution in [0.4, 0.5) is 0 Å². The van der Waals surface area contributed by atoms with Gasteiger partial charge in [0.15, 0.2) is 5.96 Å². The van der Waals surface area contributed by atoms with Gasteiger partial charge in [0.2, 0.25) is 0 Å². The first-order valence-electron chi connectivity index (χ1n) is 10.6. The summed E-state index contributed by atoms with van der Waals surface area (Å²) in [6.45, 7) is 5.30. The molecule has 1 aliphatic heterocycles. The number of hydrogen-bond donors (Lipinski definition) is 3. The zero-order valence-corrected chi connectivity index (χ0v) is 21.1. The summed E-state index contributed by atoms with van der Waals surface area (Å²) in [5.74, 6) is 1.34. The quantitative estimate of drug-likeness (QED) is 0.269. The second-order valence-electron chi connectivity index (χ2n) is 7.79. The van der Waals surface area contributed by atoms with Crippen LogP contribution in [0.2, 0.25) is 0 Å². The average Bonchev–Trinajstić information content (AvgIpc) is 3.25. The number of hydrogen-bond acceptors (Lipinski definition) is 4. The summed E-state index contributed by atoms with van der Waals surface area (Å²) in [4.78, 5) is 8.56. The van der Waals surface area contributed by atoms with E-state index in [2.05, 4.69) is 52.0 Å². The summed E-state index contributed by atoms with van der Waals surface area (Å²) in [6, 6.07) is 14.9. The van der Waals surface area contributed by atoms with Gasteiger partial charge >= 0.3 is 0 Å². The van der Waals surface area contributed by atoms with E-state index in [0.29, 0.717) is 24.9 Å². The van der Waals surface area contributed by atoms with Crippen molar-refractivity contribution in [3.63, 3.8) is 0 Å². The third-order valence-corrected chi connectivity index (χ3v) is 6.43. The summed E-state index contributed by atoms with van der Waals surface area (Å²) in [5.41, 5.74) is 1.14. The van der Waals surface area contributed by atoms with E-state index < -0.39 is 6.10 Å². The fraction of sp³-hybridized carbons (Fsp3) is 0.522. The number of aliphatic imine (C=N–C) groups is 1. The number of benzene rings is 1. The molecule has 0 aliphatic carbocycles. The monoisotopic (exact) mass is 542 g/mol. The minimum Gasteiger partial charge on any atom is -0.391 e. The highest BCUT2D eigenvalue weighted by Crippen LogP contribution is 2.36. The normalized spacial score (nSPS) is 21.0. The van der Waals surface area contributed by atoms with Crippen LogP contribution in [-0.4, -0.2) is 55.3 Å². The van der Waals surface area contributed by atoms with Crippen LogP contribution < -0.4 is 10.6 Å². The van der Waals surface area contributed by atoms with Gasteiger partial charge in [-0.2, -0.15) is 0 Å². The molecule has 1 saturated heterocycles. The zero-order chi connectivity index (χ0) is 20.5. The minimum absolute atomic E-state index is 0. The summed E-state index contributed by atoms with van der Waals surface area (Å²) < 4.78 is 0. The number of halogens is 1. The maximum Gasteiger partial charge on any atom is 0.191 e. The summed E-state index contributed by atoms with van der Waals surface area (Å²) in [6.07, 6.45) is 2.59. The molecule has 2 aromatic rings. The van der Waals surface area contributed by atoms with Crippen LogP contribution in [0.3, 0.4) is 0 Å². The van der Waals surface area contributed by atoms with Gasteiger partial charge in [0.05, 0.1) is 12.6 Å². The van der Waals surface area contributed by atoms with Crippen LogP contribution in [0.5, 0.6) is 0 Å². The van der Waals surface area contributed by atoms with E-state index in [1.807, 2.05) is 41.7 Å². The Labute approximate surface area is 202 Å². The summed E-state index contributed by atoms with van der Waals surface area (Å²) >= 11 is 1.85. The molecule has 1 aliphatic rings. The molecule has 1 fully saturated rings. The standard InChI is InChI=1S/C23H34N4OS.HI/c1-3-24-23(26-17-20(28)15-18-9-5-4-6-10-18)25-16-19-11-7-13-27(2)22(19)21-12-8-14-29-21;/h4-6,8-10,12,14,19-20,22,28H,3,7,11,13,15-17H2,1-2H3,(H2,24,25,26);1H. The number of likely N-dealkylation sites (tertiary alicyclic amines) is 1. The minimum atomic E-state index is -0.479. The van der Waals surface area contributed by atoms with Gasteiger partial charge in [-0.05, 0) is 56.3 Å². The maximum absolute atomic E-state index is 10.4. The molecule has 0 radical (unpaired) electrons. The van der Waals surface area contributed by atoms with E-state index >= 15 is 0 Å². The predicted octanol–water partition coefficient (Wildman–Crippen LogP) is 3.91. The Balaban J connectivity index is 0.00000320. The number of nitrogens with zero attached hydrogens (tertiary/aromatic N) is 2. The Morgan fingerprint density at radius 2 is 2.03 bits per heavy atom. The number of rotatable bonds is 8. The van der Waals surface area contributed by atoms with Crippen LogP contribution in [0.15, 0.2) is 52.8 Å². The molecule has 0 bridgehead atoms. The molecule has 0 spiro atoms. The van der Waals surface area contributed by atoms with Crippen LogP contribution in [0.25, 0.3) is 0 Å². The van der Waals surface area contributed by atoms with Gasteiger partial charge in [-0.3, -0.25) is 9.89 Å². The van der Waals surface area contributed by atoms with Crippen LogP contribution >= 0.6 is 35.3 Å². The molecular formula is C23H35IN4OS. The van der Waals surface area contributed by atoms with Gasteiger partial charge in [0, 0.05) is 30.4 Å². The van der Waals surface area contributed by atoms with E-state index in [1.165, 1.54) is 17.7 Å². The molecule has 1 aromatic heterocycles.